The quantitative estimate of drug-likeness (QED) is 0.0320. The Bertz CT molecular complexity index is 1230. The Morgan fingerprint density at radius 3 is 1.08 bits per heavy atom. The zero-order valence-corrected chi connectivity index (χ0v) is 48.9. The summed E-state index contributed by atoms with van der Waals surface area (Å²) in [5.74, 6) is -0.0884. The van der Waals surface area contributed by atoms with Gasteiger partial charge in [-0.25, -0.2) is 0 Å². The fourth-order valence-electron chi connectivity index (χ4n) is 9.84. The summed E-state index contributed by atoms with van der Waals surface area (Å²) in [7, 11) is 0. The van der Waals surface area contributed by atoms with Crippen LogP contribution in [-0.4, -0.2) is 47.4 Å². The van der Waals surface area contributed by atoms with E-state index in [2.05, 4.69) is 55.6 Å². The van der Waals surface area contributed by atoms with Crippen molar-refractivity contribution in [3.05, 3.63) is 48.6 Å². The molecule has 0 rings (SSSR count). The average molecular weight is 1020 g/mol. The fourth-order valence-corrected chi connectivity index (χ4v) is 9.84. The van der Waals surface area contributed by atoms with Gasteiger partial charge in [0.1, 0.15) is 0 Å². The molecule has 6 nitrogen and oxygen atoms in total. The van der Waals surface area contributed by atoms with Gasteiger partial charge < -0.3 is 20.3 Å². The molecule has 0 saturated heterocycles. The van der Waals surface area contributed by atoms with Gasteiger partial charge in [-0.15, -0.1) is 0 Å². The molecule has 73 heavy (non-hydrogen) atoms. The number of aliphatic hydroxyl groups is 2. The molecule has 2 unspecified atom stereocenters. The molecular weight excluding hydrogens is 899 g/mol. The van der Waals surface area contributed by atoms with E-state index in [0.717, 1.165) is 64.2 Å². The fraction of sp³-hybridized carbons (Fsp3) is 0.851. The lowest BCUT2D eigenvalue weighted by Crippen LogP contribution is -2.45. The molecule has 0 aliphatic carbocycles. The van der Waals surface area contributed by atoms with Crippen LogP contribution in [0.25, 0.3) is 0 Å². The van der Waals surface area contributed by atoms with Crippen molar-refractivity contribution >= 4 is 11.9 Å². The van der Waals surface area contributed by atoms with Crippen LogP contribution in [0.15, 0.2) is 48.6 Å². The van der Waals surface area contributed by atoms with Crippen molar-refractivity contribution in [2.75, 3.05) is 13.2 Å². The summed E-state index contributed by atoms with van der Waals surface area (Å²) >= 11 is 0. The van der Waals surface area contributed by atoms with E-state index in [-0.39, 0.29) is 18.5 Å². The highest BCUT2D eigenvalue weighted by atomic mass is 16.5. The minimum atomic E-state index is -0.855. The van der Waals surface area contributed by atoms with Crippen LogP contribution in [0.3, 0.4) is 0 Å². The van der Waals surface area contributed by atoms with Crippen LogP contribution in [0.1, 0.15) is 341 Å². The summed E-state index contributed by atoms with van der Waals surface area (Å²) in [6.45, 7) is 4.87. The molecule has 0 saturated carbocycles. The van der Waals surface area contributed by atoms with E-state index in [0.29, 0.717) is 19.4 Å². The Balaban J connectivity index is 3.49. The van der Waals surface area contributed by atoms with Gasteiger partial charge in [-0.05, 0) is 89.9 Å². The van der Waals surface area contributed by atoms with E-state index in [1.165, 1.54) is 250 Å². The number of carbonyl (C=O) groups excluding carboxylic acids is 2. The summed E-state index contributed by atoms with van der Waals surface area (Å²) in [5.41, 5.74) is 0. The third kappa shape index (κ3) is 58.9. The van der Waals surface area contributed by atoms with Crippen LogP contribution in [0.4, 0.5) is 0 Å². The lowest BCUT2D eigenvalue weighted by Gasteiger charge is -2.20. The van der Waals surface area contributed by atoms with Crippen molar-refractivity contribution in [3.8, 4) is 0 Å². The van der Waals surface area contributed by atoms with Crippen molar-refractivity contribution in [1.82, 2.24) is 5.32 Å². The zero-order valence-electron chi connectivity index (χ0n) is 48.9. The highest BCUT2D eigenvalue weighted by molar-refractivity contribution is 5.76. The van der Waals surface area contributed by atoms with Crippen LogP contribution in [-0.2, 0) is 14.3 Å². The minimum absolute atomic E-state index is 0.0104. The molecule has 0 aromatic carbocycles. The SMILES string of the molecule is CCCCC/C=C\C/C=C\CCCCCCCCCC(=O)OCCCCCCCC/C=C\CCCCCCCCCC(=O)NC(CO)C(O)/C=C/CCCCCCCCCCCCCCCCCCCCCC. The normalized spacial score (nSPS) is 12.9. The van der Waals surface area contributed by atoms with E-state index in [1.807, 2.05) is 6.08 Å². The molecule has 0 aliphatic rings. The van der Waals surface area contributed by atoms with Gasteiger partial charge in [0.05, 0.1) is 25.4 Å². The Kier molecular flexibility index (Phi) is 60.5. The van der Waals surface area contributed by atoms with Crippen molar-refractivity contribution < 1.29 is 24.5 Å². The molecule has 0 spiro atoms. The number of ether oxygens (including phenoxy) is 1. The first kappa shape index (κ1) is 70.8. The molecule has 0 fully saturated rings. The molecule has 0 aromatic rings. The zero-order chi connectivity index (χ0) is 52.9. The van der Waals surface area contributed by atoms with Gasteiger partial charge in [-0.3, -0.25) is 9.59 Å². The van der Waals surface area contributed by atoms with Gasteiger partial charge in [-0.1, -0.05) is 287 Å². The number of hydrogen-bond donors (Lipinski definition) is 3. The number of hydrogen-bond acceptors (Lipinski definition) is 5. The molecule has 2 atom stereocenters. The first-order chi connectivity index (χ1) is 36.0. The molecule has 0 bridgehead atoms. The second-order valence-electron chi connectivity index (χ2n) is 22.1. The second-order valence-corrected chi connectivity index (χ2v) is 22.1. The Hall–Kier alpha value is -2.18. The molecule has 6 heteroatoms. The van der Waals surface area contributed by atoms with E-state index in [9.17, 15) is 19.8 Å². The van der Waals surface area contributed by atoms with Gasteiger partial charge >= 0.3 is 5.97 Å². The van der Waals surface area contributed by atoms with E-state index < -0.39 is 12.1 Å². The minimum Gasteiger partial charge on any atom is -0.466 e. The van der Waals surface area contributed by atoms with Gasteiger partial charge in [-0.2, -0.15) is 0 Å². The Labute approximate surface area is 455 Å². The maximum atomic E-state index is 12.5. The number of unbranched alkanes of at least 4 members (excludes halogenated alkanes) is 43. The molecule has 0 aliphatic heterocycles. The summed E-state index contributed by atoms with van der Waals surface area (Å²) in [6, 6.07) is -0.639. The first-order valence-electron chi connectivity index (χ1n) is 32.4. The van der Waals surface area contributed by atoms with Crippen LogP contribution in [0.5, 0.6) is 0 Å². The number of allylic oxidation sites excluding steroid dienone is 7. The highest BCUT2D eigenvalue weighted by Crippen LogP contribution is 2.17. The molecular formula is C67H125NO5. The average Bonchev–Trinajstić information content (AvgIpc) is 3.39. The van der Waals surface area contributed by atoms with Gasteiger partial charge in [0.2, 0.25) is 5.91 Å². The standard InChI is InChI=1S/C67H125NO5/c1-3-5-7-9-11-13-15-17-19-21-22-23-24-25-28-31-35-39-43-47-51-55-59-65(70)64(63-69)68-66(71)60-56-52-48-44-40-36-32-29-26-30-34-38-42-46-50-54-58-62-73-67(72)61-57-53-49-45-41-37-33-27-20-18-16-14-12-10-8-6-4-2/h12,14,18,20,26,30,55,59,64-65,69-70H,3-11,13,15-17,19,21-25,27-29,31-54,56-58,60-63H2,1-2H3,(H,68,71)/b14-12-,20-18-,30-26-,59-55+. The monoisotopic (exact) mass is 1020 g/mol. The lowest BCUT2D eigenvalue weighted by molar-refractivity contribution is -0.143. The molecule has 3 N–H and O–H groups in total. The first-order valence-corrected chi connectivity index (χ1v) is 32.4. The number of nitrogens with one attached hydrogen (secondary N) is 1. The number of rotatable bonds is 60. The highest BCUT2D eigenvalue weighted by Gasteiger charge is 2.18. The maximum Gasteiger partial charge on any atom is 0.305 e. The smallest absolute Gasteiger partial charge is 0.305 e. The lowest BCUT2D eigenvalue weighted by atomic mass is 10.0. The van der Waals surface area contributed by atoms with Crippen molar-refractivity contribution in [2.45, 2.75) is 353 Å². The number of aliphatic hydroxyl groups excluding tert-OH is 2. The molecule has 428 valence electrons. The van der Waals surface area contributed by atoms with Crippen molar-refractivity contribution in [1.29, 1.82) is 0 Å². The predicted octanol–water partition coefficient (Wildman–Crippen LogP) is 20.5. The van der Waals surface area contributed by atoms with Gasteiger partial charge in [0.25, 0.3) is 0 Å². The summed E-state index contributed by atoms with van der Waals surface area (Å²) in [6.07, 6.45) is 80.1. The number of esters is 1. The van der Waals surface area contributed by atoms with Crippen molar-refractivity contribution in [3.63, 3.8) is 0 Å². The van der Waals surface area contributed by atoms with Gasteiger partial charge in [0, 0.05) is 12.8 Å². The van der Waals surface area contributed by atoms with Crippen LogP contribution >= 0.6 is 0 Å². The topological polar surface area (TPSA) is 95.9 Å². The molecule has 0 heterocycles. The summed E-state index contributed by atoms with van der Waals surface area (Å²) in [5, 5.41) is 23.2. The molecule has 1 amide bonds. The second kappa shape index (κ2) is 62.4. The summed E-state index contributed by atoms with van der Waals surface area (Å²) < 4.78 is 5.48. The molecule has 0 radical (unpaired) electrons. The Morgan fingerprint density at radius 2 is 0.685 bits per heavy atom. The third-order valence-electron chi connectivity index (χ3n) is 14.8. The largest absolute Gasteiger partial charge is 0.466 e. The van der Waals surface area contributed by atoms with E-state index >= 15 is 0 Å². The Morgan fingerprint density at radius 1 is 0.384 bits per heavy atom. The van der Waals surface area contributed by atoms with Crippen molar-refractivity contribution in [2.24, 2.45) is 0 Å². The van der Waals surface area contributed by atoms with E-state index in [1.54, 1.807) is 6.08 Å². The maximum absolute atomic E-state index is 12.5. The number of carbonyl (C=O) groups is 2. The van der Waals surface area contributed by atoms with Crippen LogP contribution < -0.4 is 5.32 Å². The van der Waals surface area contributed by atoms with Crippen LogP contribution in [0.2, 0.25) is 0 Å². The third-order valence-corrected chi connectivity index (χ3v) is 14.8. The predicted molar refractivity (Wildman–Crippen MR) is 319 cm³/mol. The number of amides is 1. The molecule has 0 aromatic heterocycles. The summed E-state index contributed by atoms with van der Waals surface area (Å²) in [4.78, 5) is 24.6. The van der Waals surface area contributed by atoms with Gasteiger partial charge in [0.15, 0.2) is 0 Å². The van der Waals surface area contributed by atoms with E-state index in [4.69, 9.17) is 4.74 Å². The van der Waals surface area contributed by atoms with Crippen LogP contribution in [0, 0.1) is 0 Å².